The maximum Gasteiger partial charge on any atom is 0.256 e. The van der Waals surface area contributed by atoms with E-state index < -0.39 is 0 Å². The molecule has 1 aromatic heterocycles. The highest BCUT2D eigenvalue weighted by Crippen LogP contribution is 2.32. The van der Waals surface area contributed by atoms with Crippen LogP contribution in [0.5, 0.6) is 5.75 Å². The molecule has 1 fully saturated rings. The lowest BCUT2D eigenvalue weighted by molar-refractivity contribution is -0.00313. The minimum absolute atomic E-state index is 0.0868. The van der Waals surface area contributed by atoms with Crippen molar-refractivity contribution in [2.45, 2.75) is 52.2 Å². The van der Waals surface area contributed by atoms with E-state index in [9.17, 15) is 0 Å². The zero-order chi connectivity index (χ0) is 16.4. The third kappa shape index (κ3) is 3.67. The number of aromatic nitrogens is 2. The minimum atomic E-state index is -0.335. The minimum Gasteiger partial charge on any atom is -0.480 e. The van der Waals surface area contributed by atoms with E-state index in [1.54, 1.807) is 0 Å². The zero-order valence-corrected chi connectivity index (χ0v) is 14.4. The maximum absolute atomic E-state index is 6.05. The van der Waals surface area contributed by atoms with E-state index in [4.69, 9.17) is 25.5 Å². The van der Waals surface area contributed by atoms with E-state index in [-0.39, 0.29) is 12.2 Å². The number of hydrogen-bond donors (Lipinski definition) is 0. The summed E-state index contributed by atoms with van der Waals surface area (Å²) in [7, 11) is 0. The quantitative estimate of drug-likeness (QED) is 0.808. The van der Waals surface area contributed by atoms with Crippen LogP contribution >= 0.6 is 11.6 Å². The van der Waals surface area contributed by atoms with Crippen molar-refractivity contribution < 1.29 is 13.9 Å². The van der Waals surface area contributed by atoms with Gasteiger partial charge in [0.15, 0.2) is 6.10 Å². The van der Waals surface area contributed by atoms with Gasteiger partial charge in [-0.3, -0.25) is 0 Å². The second-order valence-electron chi connectivity index (χ2n) is 5.96. The van der Waals surface area contributed by atoms with Crippen LogP contribution in [0.4, 0.5) is 0 Å². The molecule has 124 valence electrons. The van der Waals surface area contributed by atoms with Crippen LogP contribution in [0.25, 0.3) is 0 Å². The van der Waals surface area contributed by atoms with Gasteiger partial charge in [0.05, 0.1) is 0 Å². The summed E-state index contributed by atoms with van der Waals surface area (Å²) in [5, 5.41) is 8.94. The first-order valence-electron chi connectivity index (χ1n) is 7.93. The Morgan fingerprint density at radius 2 is 1.96 bits per heavy atom. The Kier molecular flexibility index (Phi) is 4.87. The van der Waals surface area contributed by atoms with Crippen LogP contribution in [0, 0.1) is 13.8 Å². The van der Waals surface area contributed by atoms with Crippen LogP contribution in [0.15, 0.2) is 16.5 Å². The van der Waals surface area contributed by atoms with E-state index in [1.165, 1.54) is 0 Å². The van der Waals surface area contributed by atoms with Crippen LogP contribution in [-0.4, -0.2) is 16.8 Å². The summed E-state index contributed by atoms with van der Waals surface area (Å²) < 4.78 is 17.5. The van der Waals surface area contributed by atoms with Crippen LogP contribution in [-0.2, 0) is 4.74 Å². The van der Waals surface area contributed by atoms with Crippen molar-refractivity contribution in [1.82, 2.24) is 10.2 Å². The number of hydrogen-bond acceptors (Lipinski definition) is 5. The molecule has 2 heterocycles. The Balaban J connectivity index is 1.74. The van der Waals surface area contributed by atoms with Gasteiger partial charge >= 0.3 is 0 Å². The van der Waals surface area contributed by atoms with Gasteiger partial charge in [0, 0.05) is 11.6 Å². The van der Waals surface area contributed by atoms with Gasteiger partial charge < -0.3 is 13.9 Å². The lowest BCUT2D eigenvalue weighted by atomic mass is 10.1. The summed E-state index contributed by atoms with van der Waals surface area (Å²) in [6.07, 6.45) is 2.71. The average molecular weight is 337 g/mol. The zero-order valence-electron chi connectivity index (χ0n) is 13.6. The first-order valence-corrected chi connectivity index (χ1v) is 8.30. The Labute approximate surface area is 140 Å². The topological polar surface area (TPSA) is 57.4 Å². The van der Waals surface area contributed by atoms with Crippen molar-refractivity contribution in [1.29, 1.82) is 0 Å². The van der Waals surface area contributed by atoms with Crippen LogP contribution in [0.1, 0.15) is 61.3 Å². The highest BCUT2D eigenvalue weighted by molar-refractivity contribution is 6.30. The van der Waals surface area contributed by atoms with Crippen LogP contribution < -0.4 is 4.74 Å². The normalized spacial score (nSPS) is 19.6. The molecule has 0 aliphatic carbocycles. The second-order valence-corrected chi connectivity index (χ2v) is 6.40. The van der Waals surface area contributed by atoms with Gasteiger partial charge in [-0.05, 0) is 63.3 Å². The third-order valence-corrected chi connectivity index (χ3v) is 4.20. The van der Waals surface area contributed by atoms with E-state index in [2.05, 4.69) is 10.2 Å². The van der Waals surface area contributed by atoms with E-state index in [0.29, 0.717) is 16.8 Å². The first-order chi connectivity index (χ1) is 11.0. The van der Waals surface area contributed by atoms with Gasteiger partial charge in [-0.1, -0.05) is 11.6 Å². The van der Waals surface area contributed by atoms with E-state index in [1.807, 2.05) is 32.9 Å². The van der Waals surface area contributed by atoms with Crippen molar-refractivity contribution in [2.24, 2.45) is 0 Å². The largest absolute Gasteiger partial charge is 0.480 e. The predicted molar refractivity (Wildman–Crippen MR) is 86.8 cm³/mol. The summed E-state index contributed by atoms with van der Waals surface area (Å²) in [6, 6.07) is 3.76. The van der Waals surface area contributed by atoms with Gasteiger partial charge in [-0.25, -0.2) is 0 Å². The summed E-state index contributed by atoms with van der Waals surface area (Å²) in [6.45, 7) is 6.58. The highest BCUT2D eigenvalue weighted by atomic mass is 35.5. The summed E-state index contributed by atoms with van der Waals surface area (Å²) in [5.41, 5.74) is 1.97. The molecule has 5 nitrogen and oxygen atoms in total. The molecule has 0 amide bonds. The molecule has 0 saturated carbocycles. The Morgan fingerprint density at radius 1 is 1.22 bits per heavy atom. The van der Waals surface area contributed by atoms with Gasteiger partial charge in [-0.15, -0.1) is 10.2 Å². The van der Waals surface area contributed by atoms with Gasteiger partial charge in [0.1, 0.15) is 11.9 Å². The smallest absolute Gasteiger partial charge is 0.256 e. The predicted octanol–water partition coefficient (Wildman–Crippen LogP) is 4.72. The molecule has 1 saturated heterocycles. The summed E-state index contributed by atoms with van der Waals surface area (Å²) >= 11 is 6.05. The van der Waals surface area contributed by atoms with Gasteiger partial charge in [0.25, 0.3) is 5.89 Å². The second kappa shape index (κ2) is 6.89. The summed E-state index contributed by atoms with van der Waals surface area (Å²) in [4.78, 5) is 0. The van der Waals surface area contributed by atoms with Crippen molar-refractivity contribution in [3.8, 4) is 5.75 Å². The number of ether oxygens (including phenoxy) is 2. The third-order valence-electron chi connectivity index (χ3n) is 3.98. The molecule has 3 rings (SSSR count). The lowest BCUT2D eigenvalue weighted by Gasteiger charge is -2.19. The van der Waals surface area contributed by atoms with Crippen LogP contribution in [0.3, 0.4) is 0 Å². The summed E-state index contributed by atoms with van der Waals surface area (Å²) in [5.74, 6) is 1.80. The van der Waals surface area contributed by atoms with Crippen LogP contribution in [0.2, 0.25) is 5.02 Å². The number of rotatable bonds is 4. The molecule has 1 aliphatic rings. The molecule has 23 heavy (non-hydrogen) atoms. The Hall–Kier alpha value is -1.59. The number of halogens is 1. The van der Waals surface area contributed by atoms with Crippen molar-refractivity contribution >= 4 is 11.6 Å². The molecular formula is C17H21ClN2O3. The Bertz CT molecular complexity index is 657. The molecule has 0 bridgehead atoms. The SMILES string of the molecule is Cc1cc(Cl)cc(C)c1OC(C)c1nnc(C2CCCCO2)o1. The van der Waals surface area contributed by atoms with E-state index >= 15 is 0 Å². The number of nitrogens with zero attached hydrogens (tertiary/aromatic N) is 2. The van der Waals surface area contributed by atoms with E-state index in [0.717, 1.165) is 42.7 Å². The fourth-order valence-electron chi connectivity index (χ4n) is 2.79. The van der Waals surface area contributed by atoms with Crippen molar-refractivity contribution in [3.63, 3.8) is 0 Å². The first kappa shape index (κ1) is 16.3. The van der Waals surface area contributed by atoms with Crippen molar-refractivity contribution in [3.05, 3.63) is 40.1 Å². The highest BCUT2D eigenvalue weighted by Gasteiger charge is 2.24. The number of aryl methyl sites for hydroxylation is 2. The van der Waals surface area contributed by atoms with Crippen molar-refractivity contribution in [2.75, 3.05) is 6.61 Å². The molecule has 1 aliphatic heterocycles. The maximum atomic E-state index is 6.05. The van der Waals surface area contributed by atoms with Gasteiger partial charge in [-0.2, -0.15) is 0 Å². The fraction of sp³-hybridized carbons (Fsp3) is 0.529. The molecule has 1 aromatic carbocycles. The molecule has 0 spiro atoms. The Morgan fingerprint density at radius 3 is 2.61 bits per heavy atom. The molecule has 2 unspecified atom stereocenters. The van der Waals surface area contributed by atoms with Gasteiger partial charge in [0.2, 0.25) is 5.89 Å². The monoisotopic (exact) mass is 336 g/mol. The molecule has 0 N–H and O–H groups in total. The number of benzene rings is 1. The average Bonchev–Trinajstić information content (AvgIpc) is 3.01. The standard InChI is InChI=1S/C17H21ClN2O3/c1-10-8-13(18)9-11(2)15(10)22-12(3)16-19-20-17(23-16)14-6-4-5-7-21-14/h8-9,12,14H,4-7H2,1-3H3. The molecule has 6 heteroatoms. The molecule has 2 atom stereocenters. The fourth-order valence-corrected chi connectivity index (χ4v) is 3.11. The molecule has 0 radical (unpaired) electrons. The lowest BCUT2D eigenvalue weighted by Crippen LogP contribution is -2.11. The molecule has 2 aromatic rings. The molecular weight excluding hydrogens is 316 g/mol.